The Morgan fingerprint density at radius 1 is 1.29 bits per heavy atom. The molecule has 1 aromatic carbocycles. The second kappa shape index (κ2) is 7.19. The second-order valence-electron chi connectivity index (χ2n) is 4.45. The Kier molecular flexibility index (Phi) is 5.30. The van der Waals surface area contributed by atoms with Gasteiger partial charge in [0.25, 0.3) is 0 Å². The lowest BCUT2D eigenvalue weighted by atomic mass is 10.2. The third-order valence-electron chi connectivity index (χ3n) is 2.89. The highest BCUT2D eigenvalue weighted by atomic mass is 32.1. The Bertz CT molecular complexity index is 701. The summed E-state index contributed by atoms with van der Waals surface area (Å²) in [7, 11) is 0. The summed E-state index contributed by atoms with van der Waals surface area (Å²) < 4.78 is 2.12. The summed E-state index contributed by atoms with van der Waals surface area (Å²) in [5, 5.41) is 18.8. The number of aromatic hydroxyl groups is 1. The van der Waals surface area contributed by atoms with E-state index in [1.165, 1.54) is 11.3 Å². The van der Waals surface area contributed by atoms with E-state index in [-0.39, 0.29) is 12.3 Å². The molecule has 2 N–H and O–H groups in total. The lowest BCUT2D eigenvalue weighted by molar-refractivity contribution is -0.137. The highest BCUT2D eigenvalue weighted by Gasteiger charge is 2.09. The summed E-state index contributed by atoms with van der Waals surface area (Å²) in [5.74, 6) is -0.747. The van der Waals surface area contributed by atoms with Crippen LogP contribution in [-0.2, 0) is 11.3 Å². The first-order valence-electron chi connectivity index (χ1n) is 6.45. The minimum Gasteiger partial charge on any atom is -0.493 e. The number of thiazole rings is 1. The van der Waals surface area contributed by atoms with E-state index in [0.29, 0.717) is 21.8 Å². The number of carboxylic acid groups (broad SMARTS) is 1. The van der Waals surface area contributed by atoms with Crippen molar-refractivity contribution in [1.82, 2.24) is 4.57 Å². The predicted octanol–water partition coefficient (Wildman–Crippen LogP) is 4.02. The molecule has 0 saturated heterocycles. The number of hydrogen-bond donors (Lipinski definition) is 2. The number of aromatic nitrogens is 1. The van der Waals surface area contributed by atoms with Gasteiger partial charge in [0.2, 0.25) is 5.88 Å². The molecule has 0 radical (unpaired) electrons. The molecule has 0 atom stereocenters. The van der Waals surface area contributed by atoms with Crippen molar-refractivity contribution in [3.63, 3.8) is 0 Å². The maximum atomic E-state index is 10.5. The summed E-state index contributed by atoms with van der Waals surface area (Å²) >= 11 is 6.52. The second-order valence-corrected chi connectivity index (χ2v) is 6.12. The molecule has 2 rings (SSSR count). The summed E-state index contributed by atoms with van der Waals surface area (Å²) in [6.07, 6.45) is 4.22. The highest BCUT2D eigenvalue weighted by molar-refractivity contribution is 7.73. The monoisotopic (exact) mass is 321 g/mol. The van der Waals surface area contributed by atoms with Crippen molar-refractivity contribution in [1.29, 1.82) is 0 Å². The Morgan fingerprint density at radius 2 is 2.00 bits per heavy atom. The summed E-state index contributed by atoms with van der Waals surface area (Å²) in [5.41, 5.74) is 1.04. The van der Waals surface area contributed by atoms with E-state index in [1.54, 1.807) is 4.57 Å². The van der Waals surface area contributed by atoms with Gasteiger partial charge in [0.05, 0.1) is 4.88 Å². The molecule has 0 bridgehead atoms. The van der Waals surface area contributed by atoms with Crippen LogP contribution in [0, 0.1) is 3.95 Å². The smallest absolute Gasteiger partial charge is 0.303 e. The van der Waals surface area contributed by atoms with Gasteiger partial charge in [-0.1, -0.05) is 36.4 Å². The third kappa shape index (κ3) is 4.27. The quantitative estimate of drug-likeness (QED) is 0.789. The Hall–Kier alpha value is -1.92. The molecular formula is C15H15NO3S2. The fourth-order valence-corrected chi connectivity index (χ4v) is 3.11. The van der Waals surface area contributed by atoms with Crippen LogP contribution in [0.4, 0.5) is 0 Å². The van der Waals surface area contributed by atoms with E-state index >= 15 is 0 Å². The predicted molar refractivity (Wildman–Crippen MR) is 87.0 cm³/mol. The molecule has 2 aromatic rings. The zero-order chi connectivity index (χ0) is 15.2. The van der Waals surface area contributed by atoms with Crippen LogP contribution in [0.2, 0.25) is 0 Å². The van der Waals surface area contributed by atoms with E-state index in [2.05, 4.69) is 0 Å². The van der Waals surface area contributed by atoms with Gasteiger partial charge in [0.15, 0.2) is 3.95 Å². The average Bonchev–Trinajstić information content (AvgIpc) is 2.73. The van der Waals surface area contributed by atoms with Gasteiger partial charge in [-0.25, -0.2) is 0 Å². The van der Waals surface area contributed by atoms with Gasteiger partial charge in [0.1, 0.15) is 0 Å². The van der Waals surface area contributed by atoms with Crippen molar-refractivity contribution >= 4 is 41.7 Å². The van der Waals surface area contributed by atoms with E-state index in [1.807, 2.05) is 42.5 Å². The zero-order valence-corrected chi connectivity index (χ0v) is 12.9. The van der Waals surface area contributed by atoms with Crippen LogP contribution < -0.4 is 0 Å². The largest absolute Gasteiger partial charge is 0.493 e. The van der Waals surface area contributed by atoms with Crippen LogP contribution in [0.25, 0.3) is 12.2 Å². The lowest BCUT2D eigenvalue weighted by Crippen LogP contribution is -2.01. The standard InChI is InChI=1S/C15H15NO3S2/c17-13(18)7-4-10-16-14(19)12(21-15(16)20)9-8-11-5-2-1-3-6-11/h1-3,5-6,8-9,19H,4,7,10H2,(H,17,18). The van der Waals surface area contributed by atoms with Gasteiger partial charge in [-0.2, -0.15) is 0 Å². The number of rotatable bonds is 6. The molecule has 4 nitrogen and oxygen atoms in total. The van der Waals surface area contributed by atoms with Gasteiger partial charge in [0, 0.05) is 13.0 Å². The normalized spacial score (nSPS) is 11.0. The van der Waals surface area contributed by atoms with Crippen molar-refractivity contribution in [2.45, 2.75) is 19.4 Å². The van der Waals surface area contributed by atoms with Crippen molar-refractivity contribution in [2.24, 2.45) is 0 Å². The molecule has 1 heterocycles. The van der Waals surface area contributed by atoms with Crippen LogP contribution in [0.15, 0.2) is 30.3 Å². The molecule has 0 saturated carbocycles. The zero-order valence-electron chi connectivity index (χ0n) is 11.2. The van der Waals surface area contributed by atoms with Crippen LogP contribution in [-0.4, -0.2) is 20.7 Å². The maximum absolute atomic E-state index is 10.5. The minimum absolute atomic E-state index is 0.0618. The number of carboxylic acids is 1. The first-order valence-corrected chi connectivity index (χ1v) is 7.68. The van der Waals surface area contributed by atoms with Gasteiger partial charge in [-0.05, 0) is 30.3 Å². The van der Waals surface area contributed by atoms with Crippen molar-refractivity contribution in [3.05, 3.63) is 44.7 Å². The maximum Gasteiger partial charge on any atom is 0.303 e. The first kappa shape index (κ1) is 15.5. The molecule has 0 aliphatic rings. The first-order chi connectivity index (χ1) is 10.1. The average molecular weight is 321 g/mol. The highest BCUT2D eigenvalue weighted by Crippen LogP contribution is 2.28. The number of nitrogens with zero attached hydrogens (tertiary/aromatic N) is 1. The molecule has 0 fully saturated rings. The molecular weight excluding hydrogens is 306 g/mol. The molecule has 21 heavy (non-hydrogen) atoms. The van der Waals surface area contributed by atoms with Crippen LogP contribution in [0.1, 0.15) is 23.3 Å². The fourth-order valence-electron chi connectivity index (χ4n) is 1.84. The summed E-state index contributed by atoms with van der Waals surface area (Å²) in [4.78, 5) is 11.2. The molecule has 0 spiro atoms. The fraction of sp³-hybridized carbons (Fsp3) is 0.200. The van der Waals surface area contributed by atoms with Gasteiger partial charge in [-0.3, -0.25) is 9.36 Å². The SMILES string of the molecule is O=C(O)CCCn1c(O)c(C=Cc2ccccc2)sc1=S. The Labute approximate surface area is 131 Å². The van der Waals surface area contributed by atoms with Crippen LogP contribution in [0.5, 0.6) is 5.88 Å². The summed E-state index contributed by atoms with van der Waals surface area (Å²) in [6, 6.07) is 9.77. The third-order valence-corrected chi connectivity index (χ3v) is 4.30. The summed E-state index contributed by atoms with van der Waals surface area (Å²) in [6.45, 7) is 0.409. The number of carbonyl (C=O) groups is 1. The lowest BCUT2D eigenvalue weighted by Gasteiger charge is -2.02. The molecule has 1 aromatic heterocycles. The van der Waals surface area contributed by atoms with Crippen LogP contribution in [0.3, 0.4) is 0 Å². The number of benzene rings is 1. The van der Waals surface area contributed by atoms with E-state index < -0.39 is 5.97 Å². The number of hydrogen-bond acceptors (Lipinski definition) is 4. The Balaban J connectivity index is 2.13. The van der Waals surface area contributed by atoms with Gasteiger partial charge >= 0.3 is 5.97 Å². The van der Waals surface area contributed by atoms with E-state index in [4.69, 9.17) is 17.3 Å². The molecule has 0 unspecified atom stereocenters. The van der Waals surface area contributed by atoms with Gasteiger partial charge in [-0.15, -0.1) is 11.3 Å². The minimum atomic E-state index is -0.847. The molecule has 0 amide bonds. The number of aliphatic carboxylic acids is 1. The van der Waals surface area contributed by atoms with Crippen molar-refractivity contribution in [2.75, 3.05) is 0 Å². The van der Waals surface area contributed by atoms with E-state index in [0.717, 1.165) is 5.56 Å². The van der Waals surface area contributed by atoms with Gasteiger partial charge < -0.3 is 10.2 Å². The molecule has 6 heteroatoms. The molecule has 0 aliphatic carbocycles. The molecule has 110 valence electrons. The Morgan fingerprint density at radius 3 is 2.67 bits per heavy atom. The molecule has 0 aliphatic heterocycles. The van der Waals surface area contributed by atoms with Crippen LogP contribution >= 0.6 is 23.6 Å². The topological polar surface area (TPSA) is 62.5 Å². The van der Waals surface area contributed by atoms with E-state index in [9.17, 15) is 9.90 Å². The van der Waals surface area contributed by atoms with Crippen molar-refractivity contribution < 1.29 is 15.0 Å². The van der Waals surface area contributed by atoms with Crippen molar-refractivity contribution in [3.8, 4) is 5.88 Å².